The third-order valence-electron chi connectivity index (χ3n) is 2.90. The van der Waals surface area contributed by atoms with Crippen molar-refractivity contribution in [2.45, 2.75) is 0 Å². The lowest BCUT2D eigenvalue weighted by atomic mass is 10.1. The first-order chi connectivity index (χ1) is 9.72. The Morgan fingerprint density at radius 2 is 2.05 bits per heavy atom. The Morgan fingerprint density at radius 3 is 2.70 bits per heavy atom. The molecule has 7 nitrogen and oxygen atoms in total. The number of fused-ring (bicyclic) bond motifs is 1. The molecule has 1 aromatic carbocycles. The number of benzene rings is 1. The zero-order valence-electron chi connectivity index (χ0n) is 10.8. The van der Waals surface area contributed by atoms with Gasteiger partial charge in [0.15, 0.2) is 5.82 Å². The van der Waals surface area contributed by atoms with Crippen LogP contribution < -0.4 is 15.1 Å². The van der Waals surface area contributed by atoms with Crippen molar-refractivity contribution in [1.82, 2.24) is 15.2 Å². The maximum Gasteiger partial charge on any atom is 0.347 e. The van der Waals surface area contributed by atoms with Crippen LogP contribution in [0.3, 0.4) is 0 Å². The molecule has 0 radical (unpaired) electrons. The minimum atomic E-state index is -0.521. The highest BCUT2D eigenvalue weighted by Crippen LogP contribution is 2.31. The van der Waals surface area contributed by atoms with Crippen LogP contribution in [0.2, 0.25) is 0 Å². The highest BCUT2D eigenvalue weighted by Gasteiger charge is 2.14. The largest absolute Gasteiger partial charge is 0.496 e. The highest BCUT2D eigenvalue weighted by molar-refractivity contribution is 5.87. The molecule has 0 saturated heterocycles. The lowest BCUT2D eigenvalue weighted by molar-refractivity contribution is 0.396. The third-order valence-corrected chi connectivity index (χ3v) is 2.90. The lowest BCUT2D eigenvalue weighted by Crippen LogP contribution is -2.04. The summed E-state index contributed by atoms with van der Waals surface area (Å²) in [7, 11) is 3.06. The van der Waals surface area contributed by atoms with Crippen LogP contribution in [0, 0.1) is 0 Å². The monoisotopic (exact) mass is 273 g/mol. The molecule has 0 atom stereocenters. The molecule has 20 heavy (non-hydrogen) atoms. The molecule has 0 bridgehead atoms. The Morgan fingerprint density at radius 1 is 1.20 bits per heavy atom. The molecule has 3 rings (SSSR count). The molecule has 2 heterocycles. The number of H-pyrrole nitrogens is 1. The highest BCUT2D eigenvalue weighted by atomic mass is 16.5. The van der Waals surface area contributed by atoms with Crippen molar-refractivity contribution in [3.8, 4) is 22.9 Å². The van der Waals surface area contributed by atoms with Gasteiger partial charge in [-0.1, -0.05) is 0 Å². The molecule has 0 spiro atoms. The second kappa shape index (κ2) is 4.69. The van der Waals surface area contributed by atoms with E-state index in [1.54, 1.807) is 18.2 Å². The Kier molecular flexibility index (Phi) is 2.86. The van der Waals surface area contributed by atoms with Crippen LogP contribution in [-0.2, 0) is 0 Å². The summed E-state index contributed by atoms with van der Waals surface area (Å²) in [5, 5.41) is 7.09. The number of hydrogen-bond acceptors (Lipinski definition) is 6. The van der Waals surface area contributed by atoms with Gasteiger partial charge in [-0.2, -0.15) is 5.10 Å². The molecule has 7 heteroatoms. The number of methoxy groups -OCH3 is 2. The topological polar surface area (TPSA) is 90.2 Å². The minimum absolute atomic E-state index is 0.266. The molecule has 0 aliphatic carbocycles. The summed E-state index contributed by atoms with van der Waals surface area (Å²) in [6.07, 6.45) is 1.39. The van der Waals surface area contributed by atoms with Crippen molar-refractivity contribution < 1.29 is 13.9 Å². The van der Waals surface area contributed by atoms with Gasteiger partial charge in [0, 0.05) is 12.1 Å². The average Bonchev–Trinajstić information content (AvgIpc) is 2.99. The predicted octanol–water partition coefficient (Wildman–Crippen LogP) is 1.60. The van der Waals surface area contributed by atoms with Crippen molar-refractivity contribution in [3.63, 3.8) is 0 Å². The zero-order chi connectivity index (χ0) is 14.1. The van der Waals surface area contributed by atoms with Gasteiger partial charge in [-0.3, -0.25) is 5.10 Å². The van der Waals surface area contributed by atoms with Crippen LogP contribution in [-0.4, -0.2) is 29.4 Å². The molecule has 0 saturated carbocycles. The van der Waals surface area contributed by atoms with Gasteiger partial charge in [0.1, 0.15) is 29.0 Å². The van der Waals surface area contributed by atoms with E-state index in [9.17, 15) is 4.79 Å². The Bertz CT molecular complexity index is 808. The molecular formula is C13H11N3O4. The smallest absolute Gasteiger partial charge is 0.347 e. The van der Waals surface area contributed by atoms with Gasteiger partial charge >= 0.3 is 5.63 Å². The summed E-state index contributed by atoms with van der Waals surface area (Å²) in [6.45, 7) is 0. The quantitative estimate of drug-likeness (QED) is 0.729. The van der Waals surface area contributed by atoms with E-state index in [1.165, 1.54) is 20.5 Å². The molecule has 2 aromatic heterocycles. The molecule has 102 valence electrons. The minimum Gasteiger partial charge on any atom is -0.496 e. The van der Waals surface area contributed by atoms with Crippen molar-refractivity contribution in [3.05, 3.63) is 34.9 Å². The normalized spacial score (nSPS) is 10.7. The van der Waals surface area contributed by atoms with Crippen molar-refractivity contribution in [2.24, 2.45) is 0 Å². The van der Waals surface area contributed by atoms with Gasteiger partial charge in [-0.25, -0.2) is 9.78 Å². The number of aromatic nitrogens is 3. The second-order valence-corrected chi connectivity index (χ2v) is 4.01. The maximum absolute atomic E-state index is 12.0. The van der Waals surface area contributed by atoms with Gasteiger partial charge in [0.25, 0.3) is 0 Å². The van der Waals surface area contributed by atoms with E-state index in [4.69, 9.17) is 13.9 Å². The maximum atomic E-state index is 12.0. The summed E-state index contributed by atoms with van der Waals surface area (Å²) >= 11 is 0. The van der Waals surface area contributed by atoms with Gasteiger partial charge in [0.2, 0.25) is 0 Å². The second-order valence-electron chi connectivity index (χ2n) is 4.01. The van der Waals surface area contributed by atoms with Crippen LogP contribution in [0.25, 0.3) is 22.4 Å². The van der Waals surface area contributed by atoms with Crippen LogP contribution in [0.1, 0.15) is 0 Å². The summed E-state index contributed by atoms with van der Waals surface area (Å²) < 4.78 is 15.7. The molecule has 0 amide bonds. The fourth-order valence-electron chi connectivity index (χ4n) is 1.94. The van der Waals surface area contributed by atoms with Gasteiger partial charge in [-0.05, 0) is 6.07 Å². The first-order valence-electron chi connectivity index (χ1n) is 5.79. The van der Waals surface area contributed by atoms with Gasteiger partial charge in [-0.15, -0.1) is 0 Å². The predicted molar refractivity (Wildman–Crippen MR) is 71.0 cm³/mol. The fraction of sp³-hybridized carbons (Fsp3) is 0.154. The van der Waals surface area contributed by atoms with E-state index in [0.29, 0.717) is 22.5 Å². The van der Waals surface area contributed by atoms with Crippen molar-refractivity contribution in [1.29, 1.82) is 0 Å². The third kappa shape index (κ3) is 1.89. The summed E-state index contributed by atoms with van der Waals surface area (Å²) in [5.41, 5.74) is 0.125. The summed E-state index contributed by atoms with van der Waals surface area (Å²) in [6, 6.07) is 4.98. The average molecular weight is 273 g/mol. The van der Waals surface area contributed by atoms with E-state index >= 15 is 0 Å². The number of ether oxygens (including phenoxy) is 2. The first kappa shape index (κ1) is 12.2. The molecular weight excluding hydrogens is 262 g/mol. The number of hydrogen-bond donors (Lipinski definition) is 1. The summed E-state index contributed by atoms with van der Waals surface area (Å²) in [4.78, 5) is 15.9. The first-order valence-corrected chi connectivity index (χ1v) is 5.79. The number of nitrogens with zero attached hydrogens (tertiary/aromatic N) is 2. The number of aromatic amines is 1. The van der Waals surface area contributed by atoms with E-state index in [-0.39, 0.29) is 11.4 Å². The Balaban J connectivity index is 2.32. The molecule has 0 fully saturated rings. The Hall–Kier alpha value is -2.83. The SMILES string of the molecule is COc1cc(OC)c2cc(-c3nc[nH]n3)c(=O)oc2c1. The number of nitrogens with one attached hydrogen (secondary N) is 1. The lowest BCUT2D eigenvalue weighted by Gasteiger charge is -2.08. The van der Waals surface area contributed by atoms with Gasteiger partial charge < -0.3 is 13.9 Å². The van der Waals surface area contributed by atoms with E-state index in [1.807, 2.05) is 0 Å². The fourth-order valence-corrected chi connectivity index (χ4v) is 1.94. The van der Waals surface area contributed by atoms with Crippen LogP contribution in [0.4, 0.5) is 0 Å². The van der Waals surface area contributed by atoms with Crippen LogP contribution in [0.15, 0.2) is 33.7 Å². The summed E-state index contributed by atoms with van der Waals surface area (Å²) in [5.74, 6) is 1.36. The molecule has 0 unspecified atom stereocenters. The van der Waals surface area contributed by atoms with E-state index in [2.05, 4.69) is 15.2 Å². The molecule has 1 N–H and O–H groups in total. The standard InChI is InChI=1S/C13H11N3O4/c1-18-7-3-10(19-2)8-5-9(12-14-6-15-16-12)13(17)20-11(8)4-7/h3-6H,1-2H3,(H,14,15,16). The van der Waals surface area contributed by atoms with Crippen LogP contribution in [0.5, 0.6) is 11.5 Å². The Labute approximate surface area is 113 Å². The van der Waals surface area contributed by atoms with Gasteiger partial charge in [0.05, 0.1) is 19.6 Å². The molecule has 0 aliphatic heterocycles. The van der Waals surface area contributed by atoms with E-state index in [0.717, 1.165) is 0 Å². The molecule has 0 aliphatic rings. The van der Waals surface area contributed by atoms with Crippen molar-refractivity contribution >= 4 is 11.0 Å². The van der Waals surface area contributed by atoms with Crippen molar-refractivity contribution in [2.75, 3.05) is 14.2 Å². The van der Waals surface area contributed by atoms with E-state index < -0.39 is 5.63 Å². The zero-order valence-corrected chi connectivity index (χ0v) is 10.8. The van der Waals surface area contributed by atoms with Crippen LogP contribution >= 0.6 is 0 Å². The molecule has 3 aromatic rings. The number of rotatable bonds is 3.